The van der Waals surface area contributed by atoms with Crippen LogP contribution in [0.3, 0.4) is 0 Å². The van der Waals surface area contributed by atoms with Gasteiger partial charge >= 0.3 is 0 Å². The summed E-state index contributed by atoms with van der Waals surface area (Å²) in [6.45, 7) is 1.82. The zero-order chi connectivity index (χ0) is 14.5. The number of halogens is 1. The number of anilines is 1. The van der Waals surface area contributed by atoms with Gasteiger partial charge in [-0.05, 0) is 25.1 Å². The highest BCUT2D eigenvalue weighted by Crippen LogP contribution is 2.23. The molecule has 1 aromatic carbocycles. The summed E-state index contributed by atoms with van der Waals surface area (Å²) in [4.78, 5) is 4.11. The molecule has 6 heteroatoms. The fourth-order valence-electron chi connectivity index (χ4n) is 1.71. The highest BCUT2D eigenvalue weighted by molar-refractivity contribution is 5.63. The Bertz CT molecular complexity index is 730. The number of imidazole rings is 1. The van der Waals surface area contributed by atoms with Crippen molar-refractivity contribution in [3.05, 3.63) is 54.0 Å². The van der Waals surface area contributed by atoms with Crippen molar-refractivity contribution in [3.8, 4) is 17.8 Å². The Labute approximate surface area is 115 Å². The third kappa shape index (κ3) is 2.65. The molecule has 0 amide bonds. The highest BCUT2D eigenvalue weighted by atomic mass is 19.1. The predicted molar refractivity (Wildman–Crippen MR) is 71.2 cm³/mol. The van der Waals surface area contributed by atoms with Crippen molar-refractivity contribution in [1.29, 1.82) is 10.5 Å². The molecule has 98 valence electrons. The van der Waals surface area contributed by atoms with Gasteiger partial charge in [-0.3, -0.25) is 0 Å². The number of hydrogen-bond donors (Lipinski definition) is 1. The van der Waals surface area contributed by atoms with E-state index in [4.69, 9.17) is 10.5 Å². The van der Waals surface area contributed by atoms with Crippen LogP contribution in [0.2, 0.25) is 0 Å². The van der Waals surface area contributed by atoms with E-state index in [0.29, 0.717) is 11.4 Å². The van der Waals surface area contributed by atoms with Crippen LogP contribution in [-0.2, 0) is 0 Å². The van der Waals surface area contributed by atoms with Gasteiger partial charge in [0, 0.05) is 18.6 Å². The second kappa shape index (κ2) is 5.68. The SMILES string of the molecule is Cc1nccn1-c1ccc(F)cc1NC=C(C#N)C#N. The minimum absolute atomic E-state index is 0.0948. The number of hydrogen-bond acceptors (Lipinski definition) is 4. The summed E-state index contributed by atoms with van der Waals surface area (Å²) in [5.41, 5.74) is 1.02. The van der Waals surface area contributed by atoms with Crippen molar-refractivity contribution in [3.63, 3.8) is 0 Å². The van der Waals surface area contributed by atoms with Crippen molar-refractivity contribution >= 4 is 5.69 Å². The van der Waals surface area contributed by atoms with E-state index in [9.17, 15) is 4.39 Å². The van der Waals surface area contributed by atoms with E-state index in [1.807, 2.05) is 6.92 Å². The molecule has 0 aliphatic heterocycles. The van der Waals surface area contributed by atoms with Crippen LogP contribution >= 0.6 is 0 Å². The quantitative estimate of drug-likeness (QED) is 0.867. The number of nitrogens with zero attached hydrogens (tertiary/aromatic N) is 4. The smallest absolute Gasteiger partial charge is 0.145 e. The molecule has 1 aromatic heterocycles. The Hall–Kier alpha value is -3.12. The zero-order valence-corrected chi connectivity index (χ0v) is 10.6. The average molecular weight is 267 g/mol. The molecule has 1 N–H and O–H groups in total. The van der Waals surface area contributed by atoms with Crippen LogP contribution in [0.4, 0.5) is 10.1 Å². The monoisotopic (exact) mass is 267 g/mol. The highest BCUT2D eigenvalue weighted by Gasteiger charge is 2.07. The number of allylic oxidation sites excluding steroid dienone is 1. The van der Waals surface area contributed by atoms with Crippen LogP contribution in [0.15, 0.2) is 42.4 Å². The summed E-state index contributed by atoms with van der Waals surface area (Å²) in [6.07, 6.45) is 4.62. The molecule has 1 heterocycles. The van der Waals surface area contributed by atoms with Crippen LogP contribution < -0.4 is 5.32 Å². The Morgan fingerprint density at radius 2 is 2.15 bits per heavy atom. The lowest BCUT2D eigenvalue weighted by atomic mass is 10.2. The van der Waals surface area contributed by atoms with Gasteiger partial charge in [-0.15, -0.1) is 0 Å². The maximum Gasteiger partial charge on any atom is 0.145 e. The van der Waals surface area contributed by atoms with E-state index < -0.39 is 5.82 Å². The first-order chi connectivity index (χ1) is 9.65. The Morgan fingerprint density at radius 3 is 2.75 bits per heavy atom. The van der Waals surface area contributed by atoms with E-state index in [0.717, 1.165) is 5.82 Å². The van der Waals surface area contributed by atoms with E-state index >= 15 is 0 Å². The van der Waals surface area contributed by atoms with Crippen molar-refractivity contribution in [1.82, 2.24) is 9.55 Å². The number of rotatable bonds is 3. The molecule has 2 aromatic rings. The molecule has 0 saturated heterocycles. The maximum absolute atomic E-state index is 13.4. The fraction of sp³-hybridized carbons (Fsp3) is 0.0714. The van der Waals surface area contributed by atoms with Crippen molar-refractivity contribution in [2.24, 2.45) is 0 Å². The van der Waals surface area contributed by atoms with Crippen LogP contribution in [-0.4, -0.2) is 9.55 Å². The van der Waals surface area contributed by atoms with Crippen LogP contribution in [0.1, 0.15) is 5.82 Å². The number of aryl methyl sites for hydroxylation is 1. The Kier molecular flexibility index (Phi) is 3.78. The molecule has 0 aliphatic rings. The molecule has 0 saturated carbocycles. The topological polar surface area (TPSA) is 77.4 Å². The van der Waals surface area contributed by atoms with Gasteiger partial charge < -0.3 is 9.88 Å². The summed E-state index contributed by atoms with van der Waals surface area (Å²) in [7, 11) is 0. The standard InChI is InChI=1S/C14H10FN5/c1-10-18-4-5-20(10)14-3-2-12(15)6-13(14)19-9-11(7-16)8-17/h2-6,9,19H,1H3. The summed E-state index contributed by atoms with van der Waals surface area (Å²) >= 11 is 0. The molecule has 0 radical (unpaired) electrons. The first-order valence-corrected chi connectivity index (χ1v) is 5.72. The number of nitriles is 2. The Balaban J connectivity index is 2.46. The van der Waals surface area contributed by atoms with Crippen LogP contribution in [0.25, 0.3) is 5.69 Å². The molecule has 5 nitrogen and oxygen atoms in total. The fourth-order valence-corrected chi connectivity index (χ4v) is 1.71. The van der Waals surface area contributed by atoms with Crippen LogP contribution in [0, 0.1) is 35.4 Å². The zero-order valence-electron chi connectivity index (χ0n) is 10.6. The predicted octanol–water partition coefficient (Wildman–Crippen LogP) is 2.66. The van der Waals surface area contributed by atoms with Gasteiger partial charge in [0.15, 0.2) is 0 Å². The van der Waals surface area contributed by atoms with Gasteiger partial charge in [0.2, 0.25) is 0 Å². The molecule has 0 spiro atoms. The lowest BCUT2D eigenvalue weighted by molar-refractivity contribution is 0.628. The second-order valence-electron chi connectivity index (χ2n) is 3.93. The van der Waals surface area contributed by atoms with E-state index in [-0.39, 0.29) is 5.57 Å². The van der Waals surface area contributed by atoms with Gasteiger partial charge in [-0.1, -0.05) is 0 Å². The molecular formula is C14H10FN5. The number of nitrogens with one attached hydrogen (secondary N) is 1. The van der Waals surface area contributed by atoms with E-state index in [1.54, 1.807) is 35.2 Å². The van der Waals surface area contributed by atoms with Crippen molar-refractivity contribution in [2.45, 2.75) is 6.92 Å². The first kappa shape index (κ1) is 13.3. The second-order valence-corrected chi connectivity index (χ2v) is 3.93. The van der Waals surface area contributed by atoms with Crippen LogP contribution in [0.5, 0.6) is 0 Å². The van der Waals surface area contributed by atoms with Gasteiger partial charge in [0.1, 0.15) is 29.4 Å². The molecule has 20 heavy (non-hydrogen) atoms. The summed E-state index contributed by atoms with van der Waals surface area (Å²) in [5.74, 6) is 0.322. The molecule has 0 fully saturated rings. The first-order valence-electron chi connectivity index (χ1n) is 5.72. The molecule has 0 atom stereocenters. The van der Waals surface area contributed by atoms with E-state index in [1.165, 1.54) is 18.3 Å². The van der Waals surface area contributed by atoms with Gasteiger partial charge in [-0.2, -0.15) is 10.5 Å². The lowest BCUT2D eigenvalue weighted by Gasteiger charge is -2.11. The summed E-state index contributed by atoms with van der Waals surface area (Å²) in [5, 5.41) is 20.1. The molecule has 2 rings (SSSR count). The maximum atomic E-state index is 13.4. The normalized spacial score (nSPS) is 9.40. The van der Waals surface area contributed by atoms with Gasteiger partial charge in [0.05, 0.1) is 11.4 Å². The third-order valence-electron chi connectivity index (χ3n) is 2.66. The minimum Gasteiger partial charge on any atom is -0.358 e. The molecular weight excluding hydrogens is 257 g/mol. The summed E-state index contributed by atoms with van der Waals surface area (Å²) in [6, 6.07) is 7.67. The number of benzene rings is 1. The average Bonchev–Trinajstić information content (AvgIpc) is 2.86. The number of aromatic nitrogens is 2. The van der Waals surface area contributed by atoms with Crippen molar-refractivity contribution in [2.75, 3.05) is 5.32 Å². The molecule has 0 aliphatic carbocycles. The minimum atomic E-state index is -0.419. The van der Waals surface area contributed by atoms with Gasteiger partial charge in [0.25, 0.3) is 0 Å². The third-order valence-corrected chi connectivity index (χ3v) is 2.66. The van der Waals surface area contributed by atoms with E-state index in [2.05, 4.69) is 10.3 Å². The largest absolute Gasteiger partial charge is 0.358 e. The molecule has 0 unspecified atom stereocenters. The summed E-state index contributed by atoms with van der Waals surface area (Å²) < 4.78 is 15.1. The Morgan fingerprint density at radius 1 is 1.40 bits per heavy atom. The van der Waals surface area contributed by atoms with Crippen molar-refractivity contribution < 1.29 is 4.39 Å². The lowest BCUT2D eigenvalue weighted by Crippen LogP contribution is -2.02. The molecule has 0 bridgehead atoms. The van der Waals surface area contributed by atoms with Gasteiger partial charge in [-0.25, -0.2) is 9.37 Å².